The van der Waals surface area contributed by atoms with Gasteiger partial charge < -0.3 is 11.1 Å². The number of rotatable bonds is 3. The van der Waals surface area contributed by atoms with Crippen LogP contribution in [0.15, 0.2) is 18.2 Å². The number of amides is 3. The summed E-state index contributed by atoms with van der Waals surface area (Å²) < 4.78 is 0. The molecule has 20 heavy (non-hydrogen) atoms. The van der Waals surface area contributed by atoms with E-state index in [-0.39, 0.29) is 18.4 Å². The number of hydrogen-bond donors (Lipinski definition) is 2. The van der Waals surface area contributed by atoms with Gasteiger partial charge in [-0.25, -0.2) is 0 Å². The highest BCUT2D eigenvalue weighted by molar-refractivity contribution is 6.21. The molecule has 1 aliphatic rings. The maximum atomic E-state index is 12.3. The lowest BCUT2D eigenvalue weighted by atomic mass is 9.91. The fourth-order valence-electron chi connectivity index (χ4n) is 2.26. The minimum Gasteiger partial charge on any atom is -0.399 e. The van der Waals surface area contributed by atoms with Crippen molar-refractivity contribution in [1.29, 1.82) is 0 Å². The van der Waals surface area contributed by atoms with Crippen LogP contribution in [0.4, 0.5) is 5.69 Å². The summed E-state index contributed by atoms with van der Waals surface area (Å²) in [5, 5.41) is 2.53. The lowest BCUT2D eigenvalue weighted by molar-refractivity contribution is -0.129. The Hall–Kier alpha value is -2.37. The molecule has 0 saturated heterocycles. The van der Waals surface area contributed by atoms with Gasteiger partial charge in [0.1, 0.15) is 0 Å². The van der Waals surface area contributed by atoms with Crippen LogP contribution in [0, 0.1) is 5.41 Å². The molecule has 0 fully saturated rings. The number of fused-ring (bicyclic) bond motifs is 1. The molecule has 0 spiro atoms. The zero-order valence-corrected chi connectivity index (χ0v) is 11.7. The van der Waals surface area contributed by atoms with Gasteiger partial charge in [0, 0.05) is 19.3 Å². The number of nitrogens with zero attached hydrogens (tertiary/aromatic N) is 1. The van der Waals surface area contributed by atoms with Gasteiger partial charge in [0.2, 0.25) is 5.91 Å². The predicted molar refractivity (Wildman–Crippen MR) is 74.1 cm³/mol. The van der Waals surface area contributed by atoms with Crippen LogP contribution in [0.3, 0.4) is 0 Å². The molecule has 3 N–H and O–H groups in total. The van der Waals surface area contributed by atoms with Crippen molar-refractivity contribution in [2.45, 2.75) is 13.8 Å². The second-order valence-electron chi connectivity index (χ2n) is 5.46. The van der Waals surface area contributed by atoms with Crippen molar-refractivity contribution in [3.63, 3.8) is 0 Å². The fourth-order valence-corrected chi connectivity index (χ4v) is 2.26. The first-order chi connectivity index (χ1) is 9.27. The van der Waals surface area contributed by atoms with E-state index in [4.69, 9.17) is 5.73 Å². The summed E-state index contributed by atoms with van der Waals surface area (Å²) in [6.07, 6.45) is 0. The fraction of sp³-hybridized carbons (Fsp3) is 0.357. The summed E-state index contributed by atoms with van der Waals surface area (Å²) >= 11 is 0. The van der Waals surface area contributed by atoms with Gasteiger partial charge in [-0.15, -0.1) is 0 Å². The molecule has 106 valence electrons. The van der Waals surface area contributed by atoms with E-state index in [0.717, 1.165) is 4.90 Å². The molecule has 6 heteroatoms. The highest BCUT2D eigenvalue weighted by atomic mass is 16.2. The molecular weight excluding hydrogens is 258 g/mol. The summed E-state index contributed by atoms with van der Waals surface area (Å²) in [5.74, 6) is -1.02. The standard InChI is InChI=1S/C14H17N3O3/c1-14(2,13(20)16-3)7-17-11(18)9-5-4-8(15)6-10(9)12(17)19/h4-6H,7,15H2,1-3H3,(H,16,20). The molecule has 1 aliphatic heterocycles. The first-order valence-electron chi connectivity index (χ1n) is 6.26. The topological polar surface area (TPSA) is 92.5 Å². The Labute approximate surface area is 116 Å². The van der Waals surface area contributed by atoms with E-state index in [1.807, 2.05) is 0 Å². The van der Waals surface area contributed by atoms with Gasteiger partial charge in [0.05, 0.1) is 16.5 Å². The lowest BCUT2D eigenvalue weighted by Crippen LogP contribution is -2.45. The van der Waals surface area contributed by atoms with Gasteiger partial charge in [0.15, 0.2) is 0 Å². The van der Waals surface area contributed by atoms with Crippen molar-refractivity contribution < 1.29 is 14.4 Å². The normalized spacial score (nSPS) is 14.4. The zero-order valence-electron chi connectivity index (χ0n) is 11.7. The second-order valence-corrected chi connectivity index (χ2v) is 5.46. The van der Waals surface area contributed by atoms with Gasteiger partial charge in [-0.2, -0.15) is 0 Å². The zero-order chi connectivity index (χ0) is 15.1. The molecule has 0 unspecified atom stereocenters. The Morgan fingerprint density at radius 1 is 1.25 bits per heavy atom. The van der Waals surface area contributed by atoms with Crippen LogP contribution in [0.1, 0.15) is 34.6 Å². The molecule has 0 aromatic heterocycles. The van der Waals surface area contributed by atoms with Crippen LogP contribution in [0.5, 0.6) is 0 Å². The molecule has 0 saturated carbocycles. The van der Waals surface area contributed by atoms with Gasteiger partial charge in [-0.05, 0) is 32.0 Å². The number of hydrogen-bond acceptors (Lipinski definition) is 4. The Balaban J connectivity index is 2.32. The number of anilines is 1. The van der Waals surface area contributed by atoms with E-state index in [1.165, 1.54) is 19.2 Å². The summed E-state index contributed by atoms with van der Waals surface area (Å²) in [6, 6.07) is 4.61. The molecule has 0 radical (unpaired) electrons. The average molecular weight is 275 g/mol. The van der Waals surface area contributed by atoms with E-state index in [9.17, 15) is 14.4 Å². The van der Waals surface area contributed by atoms with Gasteiger partial charge in [-0.3, -0.25) is 19.3 Å². The number of nitrogen functional groups attached to an aromatic ring is 1. The lowest BCUT2D eigenvalue weighted by Gasteiger charge is -2.27. The van der Waals surface area contributed by atoms with Crippen molar-refractivity contribution in [1.82, 2.24) is 10.2 Å². The molecule has 1 aromatic rings. The van der Waals surface area contributed by atoms with E-state index in [0.29, 0.717) is 16.8 Å². The second kappa shape index (κ2) is 4.63. The monoisotopic (exact) mass is 275 g/mol. The van der Waals surface area contributed by atoms with Gasteiger partial charge >= 0.3 is 0 Å². The number of carbonyl (C=O) groups excluding carboxylic acids is 3. The third kappa shape index (κ3) is 2.13. The Bertz CT molecular complexity index is 608. The SMILES string of the molecule is CNC(=O)C(C)(C)CN1C(=O)c2ccc(N)cc2C1=O. The number of benzene rings is 1. The summed E-state index contributed by atoms with van der Waals surface area (Å²) in [4.78, 5) is 37.4. The highest BCUT2D eigenvalue weighted by Crippen LogP contribution is 2.28. The van der Waals surface area contributed by atoms with Crippen LogP contribution >= 0.6 is 0 Å². The maximum Gasteiger partial charge on any atom is 0.261 e. The first-order valence-corrected chi connectivity index (χ1v) is 6.26. The number of nitrogens with one attached hydrogen (secondary N) is 1. The summed E-state index contributed by atoms with van der Waals surface area (Å²) in [7, 11) is 1.52. The Kier molecular flexibility index (Phi) is 3.25. The smallest absolute Gasteiger partial charge is 0.261 e. The van der Waals surface area contributed by atoms with Crippen LogP contribution in [0.2, 0.25) is 0 Å². The average Bonchev–Trinajstić information content (AvgIpc) is 2.62. The molecule has 3 amide bonds. The molecule has 2 rings (SSSR count). The Morgan fingerprint density at radius 3 is 2.45 bits per heavy atom. The van der Waals surface area contributed by atoms with Crippen molar-refractivity contribution in [2.24, 2.45) is 5.41 Å². The summed E-state index contributed by atoms with van der Waals surface area (Å²) in [5.41, 5.74) is 5.83. The number of imide groups is 1. The number of nitrogens with two attached hydrogens (primary N) is 1. The van der Waals surface area contributed by atoms with Crippen LogP contribution in [-0.2, 0) is 4.79 Å². The van der Waals surface area contributed by atoms with Crippen molar-refractivity contribution in [3.05, 3.63) is 29.3 Å². The van der Waals surface area contributed by atoms with E-state index in [1.54, 1.807) is 19.9 Å². The van der Waals surface area contributed by atoms with Crippen LogP contribution < -0.4 is 11.1 Å². The van der Waals surface area contributed by atoms with E-state index >= 15 is 0 Å². The minimum atomic E-state index is -0.854. The van der Waals surface area contributed by atoms with Crippen molar-refractivity contribution >= 4 is 23.4 Å². The quantitative estimate of drug-likeness (QED) is 0.625. The first kappa shape index (κ1) is 14.0. The maximum absolute atomic E-state index is 12.3. The van der Waals surface area contributed by atoms with Crippen LogP contribution in [-0.4, -0.2) is 36.2 Å². The molecular formula is C14H17N3O3. The molecule has 6 nitrogen and oxygen atoms in total. The third-order valence-electron chi connectivity index (χ3n) is 3.39. The third-order valence-corrected chi connectivity index (χ3v) is 3.39. The van der Waals surface area contributed by atoms with Gasteiger partial charge in [0.25, 0.3) is 11.8 Å². The van der Waals surface area contributed by atoms with Crippen LogP contribution in [0.25, 0.3) is 0 Å². The molecule has 1 aromatic carbocycles. The largest absolute Gasteiger partial charge is 0.399 e. The predicted octanol–water partition coefficient (Wildman–Crippen LogP) is 0.637. The molecule has 0 atom stereocenters. The van der Waals surface area contributed by atoms with Crippen molar-refractivity contribution in [3.8, 4) is 0 Å². The number of carbonyl (C=O) groups is 3. The van der Waals surface area contributed by atoms with Crippen molar-refractivity contribution in [2.75, 3.05) is 19.3 Å². The molecule has 0 aliphatic carbocycles. The van der Waals surface area contributed by atoms with Gasteiger partial charge in [-0.1, -0.05) is 0 Å². The summed E-state index contributed by atoms with van der Waals surface area (Å²) in [6.45, 7) is 3.40. The molecule has 1 heterocycles. The van der Waals surface area contributed by atoms with E-state index in [2.05, 4.69) is 5.32 Å². The highest BCUT2D eigenvalue weighted by Gasteiger charge is 2.40. The minimum absolute atomic E-state index is 0.0267. The Morgan fingerprint density at radius 2 is 1.85 bits per heavy atom. The molecule has 0 bridgehead atoms. The van der Waals surface area contributed by atoms with E-state index < -0.39 is 11.3 Å².